The number of imide groups is 1. The molecule has 1 aliphatic rings. The molecule has 0 aromatic rings. The van der Waals surface area contributed by atoms with Crippen LogP contribution in [-0.4, -0.2) is 57.1 Å². The molecule has 0 aliphatic carbocycles. The second kappa shape index (κ2) is 7.24. The van der Waals surface area contributed by atoms with Crippen molar-refractivity contribution in [2.75, 3.05) is 40.3 Å². The molecule has 0 saturated carbocycles. The number of carbonyl (C=O) groups excluding carboxylic acids is 2. The number of nitrogens with one attached hydrogen (secondary N) is 3. The van der Waals surface area contributed by atoms with E-state index >= 15 is 0 Å². The lowest BCUT2D eigenvalue weighted by Crippen LogP contribution is -2.44. The highest BCUT2D eigenvalue weighted by molar-refractivity contribution is 5.95. The predicted octanol–water partition coefficient (Wildman–Crippen LogP) is -0.627. The van der Waals surface area contributed by atoms with E-state index in [2.05, 4.69) is 16.0 Å². The van der Waals surface area contributed by atoms with Crippen molar-refractivity contribution in [2.24, 2.45) is 5.92 Å². The maximum atomic E-state index is 11.4. The zero-order valence-corrected chi connectivity index (χ0v) is 10.6. The molecule has 1 fully saturated rings. The first-order valence-corrected chi connectivity index (χ1v) is 6.02. The minimum Gasteiger partial charge on any atom is -0.341 e. The second-order valence-corrected chi connectivity index (χ2v) is 4.54. The van der Waals surface area contributed by atoms with E-state index in [-0.39, 0.29) is 12.5 Å². The molecule has 0 radical (unpaired) electrons. The van der Waals surface area contributed by atoms with Gasteiger partial charge in [0.2, 0.25) is 5.91 Å². The molecule has 1 rings (SSSR count). The molecule has 17 heavy (non-hydrogen) atoms. The number of piperidine rings is 1. The second-order valence-electron chi connectivity index (χ2n) is 4.54. The summed E-state index contributed by atoms with van der Waals surface area (Å²) in [4.78, 5) is 24.3. The van der Waals surface area contributed by atoms with Crippen LogP contribution in [0.4, 0.5) is 4.79 Å². The van der Waals surface area contributed by atoms with Crippen LogP contribution in [0.15, 0.2) is 0 Å². The number of hydrogen-bond donors (Lipinski definition) is 3. The Balaban J connectivity index is 2.21. The summed E-state index contributed by atoms with van der Waals surface area (Å²) in [5.74, 6) is 0.331. The third kappa shape index (κ3) is 5.65. The molecule has 6 nitrogen and oxygen atoms in total. The van der Waals surface area contributed by atoms with Gasteiger partial charge in [-0.25, -0.2) is 4.79 Å². The van der Waals surface area contributed by atoms with Crippen molar-refractivity contribution in [3.05, 3.63) is 0 Å². The highest BCUT2D eigenvalue weighted by Crippen LogP contribution is 2.10. The fourth-order valence-corrected chi connectivity index (χ4v) is 2.06. The van der Waals surface area contributed by atoms with Crippen LogP contribution < -0.4 is 16.0 Å². The van der Waals surface area contributed by atoms with Gasteiger partial charge in [0.1, 0.15) is 0 Å². The third-order valence-electron chi connectivity index (χ3n) is 2.86. The molecular formula is C11H22N4O2. The molecule has 6 heteroatoms. The van der Waals surface area contributed by atoms with E-state index in [1.54, 1.807) is 0 Å². The Hall–Kier alpha value is -1.14. The molecule has 1 heterocycles. The molecule has 1 unspecified atom stereocenters. The number of likely N-dealkylation sites (N-methyl/N-ethyl adjacent to an activating group) is 1. The van der Waals surface area contributed by atoms with Crippen molar-refractivity contribution < 1.29 is 9.59 Å². The van der Waals surface area contributed by atoms with Crippen LogP contribution in [0.5, 0.6) is 0 Å². The topological polar surface area (TPSA) is 73.5 Å². The number of carbonyl (C=O) groups is 2. The van der Waals surface area contributed by atoms with Gasteiger partial charge in [-0.2, -0.15) is 0 Å². The van der Waals surface area contributed by atoms with E-state index < -0.39 is 6.03 Å². The fraction of sp³-hybridized carbons (Fsp3) is 0.818. The minimum atomic E-state index is -0.456. The smallest absolute Gasteiger partial charge is 0.321 e. The number of urea groups is 1. The van der Waals surface area contributed by atoms with Crippen molar-refractivity contribution in [3.63, 3.8) is 0 Å². The molecule has 1 saturated heterocycles. The van der Waals surface area contributed by atoms with Gasteiger partial charge in [0.05, 0.1) is 6.54 Å². The molecule has 0 aromatic carbocycles. The van der Waals surface area contributed by atoms with Crippen LogP contribution in [-0.2, 0) is 4.79 Å². The average molecular weight is 242 g/mol. The zero-order chi connectivity index (χ0) is 12.7. The first-order chi connectivity index (χ1) is 8.11. The van der Waals surface area contributed by atoms with Gasteiger partial charge in [0, 0.05) is 13.6 Å². The summed E-state index contributed by atoms with van der Waals surface area (Å²) in [6, 6.07) is -0.456. The standard InChI is InChI=1S/C11H22N4O2/c1-12-11(17)14-10(16)8-15(2)7-9-4-3-5-13-6-9/h9,13H,3-8H2,1-2H3,(H2,12,14,16,17). The molecular weight excluding hydrogens is 220 g/mol. The van der Waals surface area contributed by atoms with Gasteiger partial charge in [-0.3, -0.25) is 15.0 Å². The molecule has 0 spiro atoms. The summed E-state index contributed by atoms with van der Waals surface area (Å²) < 4.78 is 0. The lowest BCUT2D eigenvalue weighted by atomic mass is 9.99. The number of amides is 3. The first-order valence-electron chi connectivity index (χ1n) is 6.02. The van der Waals surface area contributed by atoms with Crippen LogP contribution in [0.3, 0.4) is 0 Å². The Morgan fingerprint density at radius 1 is 1.47 bits per heavy atom. The van der Waals surface area contributed by atoms with E-state index in [1.165, 1.54) is 19.9 Å². The van der Waals surface area contributed by atoms with Crippen LogP contribution >= 0.6 is 0 Å². The van der Waals surface area contributed by atoms with Crippen molar-refractivity contribution in [1.82, 2.24) is 20.9 Å². The summed E-state index contributed by atoms with van der Waals surface area (Å²) in [7, 11) is 3.39. The van der Waals surface area contributed by atoms with E-state index in [1.807, 2.05) is 11.9 Å². The van der Waals surface area contributed by atoms with E-state index in [4.69, 9.17) is 0 Å². The number of hydrogen-bond acceptors (Lipinski definition) is 4. The highest BCUT2D eigenvalue weighted by Gasteiger charge is 2.16. The Kier molecular flexibility index (Phi) is 5.93. The van der Waals surface area contributed by atoms with Gasteiger partial charge in [0.25, 0.3) is 0 Å². The van der Waals surface area contributed by atoms with Crippen molar-refractivity contribution in [1.29, 1.82) is 0 Å². The summed E-state index contributed by atoms with van der Waals surface area (Å²) in [5, 5.41) is 7.95. The maximum absolute atomic E-state index is 11.4. The van der Waals surface area contributed by atoms with Gasteiger partial charge < -0.3 is 10.6 Å². The van der Waals surface area contributed by atoms with Gasteiger partial charge >= 0.3 is 6.03 Å². The SMILES string of the molecule is CNC(=O)NC(=O)CN(C)CC1CCCNC1. The Bertz CT molecular complexity index is 264. The normalized spacial score (nSPS) is 20.1. The van der Waals surface area contributed by atoms with Gasteiger partial charge in [-0.1, -0.05) is 0 Å². The number of nitrogens with zero attached hydrogens (tertiary/aromatic N) is 1. The van der Waals surface area contributed by atoms with E-state index in [0.29, 0.717) is 5.92 Å². The molecule has 0 bridgehead atoms. The summed E-state index contributed by atoms with van der Waals surface area (Å²) in [6.07, 6.45) is 2.40. The van der Waals surface area contributed by atoms with Crippen LogP contribution in [0.1, 0.15) is 12.8 Å². The van der Waals surface area contributed by atoms with Crippen LogP contribution in [0.25, 0.3) is 0 Å². The van der Waals surface area contributed by atoms with Gasteiger partial charge in [-0.05, 0) is 38.9 Å². The molecule has 3 N–H and O–H groups in total. The van der Waals surface area contributed by atoms with Crippen molar-refractivity contribution in [2.45, 2.75) is 12.8 Å². The minimum absolute atomic E-state index is 0.254. The predicted molar refractivity (Wildman–Crippen MR) is 65.7 cm³/mol. The monoisotopic (exact) mass is 242 g/mol. The molecule has 1 atom stereocenters. The fourth-order valence-electron chi connectivity index (χ4n) is 2.06. The third-order valence-corrected chi connectivity index (χ3v) is 2.86. The summed E-state index contributed by atoms with van der Waals surface area (Å²) >= 11 is 0. The van der Waals surface area contributed by atoms with Crippen LogP contribution in [0.2, 0.25) is 0 Å². The van der Waals surface area contributed by atoms with Crippen LogP contribution in [0, 0.1) is 5.92 Å². The molecule has 1 aliphatic heterocycles. The van der Waals surface area contributed by atoms with Crippen molar-refractivity contribution in [3.8, 4) is 0 Å². The van der Waals surface area contributed by atoms with Gasteiger partial charge in [0.15, 0.2) is 0 Å². The first kappa shape index (κ1) is 13.9. The lowest BCUT2D eigenvalue weighted by Gasteiger charge is -2.27. The molecule has 98 valence electrons. The number of rotatable bonds is 4. The summed E-state index contributed by atoms with van der Waals surface area (Å²) in [5.41, 5.74) is 0. The Morgan fingerprint density at radius 3 is 2.82 bits per heavy atom. The van der Waals surface area contributed by atoms with Gasteiger partial charge in [-0.15, -0.1) is 0 Å². The lowest BCUT2D eigenvalue weighted by molar-refractivity contribution is -0.121. The quantitative estimate of drug-likeness (QED) is 0.614. The maximum Gasteiger partial charge on any atom is 0.321 e. The van der Waals surface area contributed by atoms with E-state index in [9.17, 15) is 9.59 Å². The summed E-state index contributed by atoms with van der Waals surface area (Å²) in [6.45, 7) is 3.25. The van der Waals surface area contributed by atoms with E-state index in [0.717, 1.165) is 19.6 Å². The van der Waals surface area contributed by atoms with Crippen molar-refractivity contribution >= 4 is 11.9 Å². The zero-order valence-electron chi connectivity index (χ0n) is 10.6. The average Bonchev–Trinajstić information content (AvgIpc) is 2.29. The highest BCUT2D eigenvalue weighted by atomic mass is 16.2. The Morgan fingerprint density at radius 2 is 2.24 bits per heavy atom. The Labute approximate surface area is 102 Å². The molecule has 0 aromatic heterocycles. The largest absolute Gasteiger partial charge is 0.341 e. The molecule has 3 amide bonds.